The molecule has 92 valence electrons. The van der Waals surface area contributed by atoms with Gasteiger partial charge in [0, 0.05) is 23.1 Å². The number of allylic oxidation sites excluding steroid dienone is 1. The minimum atomic E-state index is 0.0219. The van der Waals surface area contributed by atoms with Gasteiger partial charge < -0.3 is 5.32 Å². The molecule has 0 atom stereocenters. The molecule has 0 saturated carbocycles. The van der Waals surface area contributed by atoms with Gasteiger partial charge in [0.1, 0.15) is 0 Å². The molecule has 0 aromatic carbocycles. The predicted octanol–water partition coefficient (Wildman–Crippen LogP) is 3.06. The Balaban J connectivity index is 1.95. The maximum absolute atomic E-state index is 11.9. The van der Waals surface area contributed by atoms with E-state index >= 15 is 0 Å². The highest BCUT2D eigenvalue weighted by Crippen LogP contribution is 2.31. The van der Waals surface area contributed by atoms with Gasteiger partial charge in [0.15, 0.2) is 0 Å². The van der Waals surface area contributed by atoms with Crippen LogP contribution < -0.4 is 5.32 Å². The van der Waals surface area contributed by atoms with Crippen LogP contribution in [0.5, 0.6) is 0 Å². The number of rotatable bonds is 4. The van der Waals surface area contributed by atoms with Crippen LogP contribution in [0.2, 0.25) is 0 Å². The first kappa shape index (κ1) is 13.0. The highest BCUT2D eigenvalue weighted by molar-refractivity contribution is 7.98. The van der Waals surface area contributed by atoms with E-state index in [1.54, 1.807) is 11.3 Å². The number of carbonyl (C=O) groups excluding carboxylic acids is 1. The van der Waals surface area contributed by atoms with Crippen molar-refractivity contribution < 1.29 is 4.79 Å². The van der Waals surface area contributed by atoms with Crippen LogP contribution in [-0.2, 0) is 12.2 Å². The van der Waals surface area contributed by atoms with Gasteiger partial charge in [0.05, 0.1) is 4.88 Å². The van der Waals surface area contributed by atoms with Crippen LogP contribution in [0.4, 0.5) is 0 Å². The minimum absolute atomic E-state index is 0.0219. The minimum Gasteiger partial charge on any atom is -0.348 e. The number of amides is 1. The van der Waals surface area contributed by atoms with Crippen molar-refractivity contribution in [1.82, 2.24) is 5.32 Å². The predicted molar refractivity (Wildman–Crippen MR) is 76.4 cm³/mol. The third-order valence-corrected chi connectivity index (χ3v) is 4.91. The van der Waals surface area contributed by atoms with E-state index in [0.29, 0.717) is 12.4 Å². The number of alkyl halides is 1. The lowest BCUT2D eigenvalue weighted by Crippen LogP contribution is -2.22. The number of nitrogens with one attached hydrogen (secondary N) is 1. The van der Waals surface area contributed by atoms with Gasteiger partial charge in [-0.15, -0.1) is 22.9 Å². The second-order valence-corrected chi connectivity index (χ2v) is 6.25. The van der Waals surface area contributed by atoms with Crippen molar-refractivity contribution in [2.75, 3.05) is 18.2 Å². The summed E-state index contributed by atoms with van der Waals surface area (Å²) in [6.07, 6.45) is 4.80. The summed E-state index contributed by atoms with van der Waals surface area (Å²) >= 11 is 9.07. The zero-order valence-electron chi connectivity index (χ0n) is 9.37. The van der Waals surface area contributed by atoms with Crippen molar-refractivity contribution in [3.05, 3.63) is 33.5 Å². The summed E-state index contributed by atoms with van der Waals surface area (Å²) in [5.74, 6) is 2.73. The van der Waals surface area contributed by atoms with Gasteiger partial charge >= 0.3 is 0 Å². The van der Waals surface area contributed by atoms with Crippen LogP contribution in [0.3, 0.4) is 0 Å². The third-order valence-electron chi connectivity index (χ3n) is 2.49. The molecule has 0 aliphatic carbocycles. The molecule has 1 aliphatic rings. The number of thioether (sulfide) groups is 1. The van der Waals surface area contributed by atoms with E-state index < -0.39 is 0 Å². The second-order valence-electron chi connectivity index (χ2n) is 3.70. The molecule has 2 heterocycles. The Kier molecular flexibility index (Phi) is 4.95. The Morgan fingerprint density at radius 2 is 2.41 bits per heavy atom. The zero-order chi connectivity index (χ0) is 12.1. The average molecular weight is 288 g/mol. The fourth-order valence-electron chi connectivity index (χ4n) is 1.64. The van der Waals surface area contributed by atoms with Gasteiger partial charge in [0.25, 0.3) is 5.91 Å². The Labute approximate surface area is 114 Å². The molecule has 0 unspecified atom stereocenters. The standard InChI is InChI=1S/C12H14ClNOS2/c13-4-1-2-5-14-12(15)11-7-9-8-16-6-3-10(9)17-11/h1-2,7H,3-6,8H2,(H,14,15)/b2-1+. The summed E-state index contributed by atoms with van der Waals surface area (Å²) in [7, 11) is 0. The van der Waals surface area contributed by atoms with Gasteiger partial charge in [-0.2, -0.15) is 11.8 Å². The smallest absolute Gasteiger partial charge is 0.261 e. The Morgan fingerprint density at radius 1 is 1.53 bits per heavy atom. The number of thiophene rings is 1. The van der Waals surface area contributed by atoms with Crippen LogP contribution in [0, 0.1) is 0 Å². The quantitative estimate of drug-likeness (QED) is 0.681. The molecule has 17 heavy (non-hydrogen) atoms. The molecule has 0 radical (unpaired) electrons. The first-order valence-electron chi connectivity index (χ1n) is 5.49. The summed E-state index contributed by atoms with van der Waals surface area (Å²) in [5.41, 5.74) is 1.34. The summed E-state index contributed by atoms with van der Waals surface area (Å²) in [5, 5.41) is 2.86. The Morgan fingerprint density at radius 3 is 3.18 bits per heavy atom. The molecule has 1 aliphatic heterocycles. The van der Waals surface area contributed by atoms with E-state index in [-0.39, 0.29) is 5.91 Å². The Bertz CT molecular complexity index is 405. The topological polar surface area (TPSA) is 29.1 Å². The maximum Gasteiger partial charge on any atom is 0.261 e. The fraction of sp³-hybridized carbons (Fsp3) is 0.417. The molecule has 1 N–H and O–H groups in total. The van der Waals surface area contributed by atoms with Gasteiger partial charge in [-0.1, -0.05) is 12.2 Å². The van der Waals surface area contributed by atoms with Crippen molar-refractivity contribution in [3.63, 3.8) is 0 Å². The lowest BCUT2D eigenvalue weighted by molar-refractivity contribution is 0.0962. The van der Waals surface area contributed by atoms with E-state index in [1.165, 1.54) is 16.2 Å². The molecule has 0 saturated heterocycles. The van der Waals surface area contributed by atoms with Crippen LogP contribution in [-0.4, -0.2) is 24.1 Å². The largest absolute Gasteiger partial charge is 0.348 e. The van der Waals surface area contributed by atoms with Gasteiger partial charge in [-0.05, 0) is 23.8 Å². The monoisotopic (exact) mass is 287 g/mol. The normalized spacial score (nSPS) is 14.9. The molecular weight excluding hydrogens is 274 g/mol. The highest BCUT2D eigenvalue weighted by atomic mass is 35.5. The highest BCUT2D eigenvalue weighted by Gasteiger charge is 2.16. The molecule has 5 heteroatoms. The first-order chi connectivity index (χ1) is 8.31. The number of hydrogen-bond acceptors (Lipinski definition) is 3. The maximum atomic E-state index is 11.9. The molecule has 2 nitrogen and oxygen atoms in total. The molecule has 0 fully saturated rings. The number of aryl methyl sites for hydroxylation is 1. The zero-order valence-corrected chi connectivity index (χ0v) is 11.8. The van der Waals surface area contributed by atoms with Gasteiger partial charge in [-0.3, -0.25) is 4.79 Å². The van der Waals surface area contributed by atoms with Gasteiger partial charge in [0.2, 0.25) is 0 Å². The summed E-state index contributed by atoms with van der Waals surface area (Å²) in [6.45, 7) is 0.545. The van der Waals surface area contributed by atoms with Crippen molar-refractivity contribution >= 4 is 40.6 Å². The molecule has 2 rings (SSSR count). The van der Waals surface area contributed by atoms with Crippen molar-refractivity contribution in [2.45, 2.75) is 12.2 Å². The molecule has 1 amide bonds. The first-order valence-corrected chi connectivity index (χ1v) is 8.00. The van der Waals surface area contributed by atoms with Crippen LogP contribution in [0.1, 0.15) is 20.1 Å². The van der Waals surface area contributed by atoms with E-state index in [9.17, 15) is 4.79 Å². The number of carbonyl (C=O) groups is 1. The second kappa shape index (κ2) is 6.47. The van der Waals surface area contributed by atoms with E-state index in [2.05, 4.69) is 5.32 Å². The lowest BCUT2D eigenvalue weighted by atomic mass is 10.2. The van der Waals surface area contributed by atoms with Crippen molar-refractivity contribution in [3.8, 4) is 0 Å². The number of fused-ring (bicyclic) bond motifs is 1. The molecule has 0 spiro atoms. The molecule has 1 aromatic heterocycles. The van der Waals surface area contributed by atoms with Crippen LogP contribution in [0.25, 0.3) is 0 Å². The summed E-state index contributed by atoms with van der Waals surface area (Å²) in [4.78, 5) is 14.1. The van der Waals surface area contributed by atoms with Crippen LogP contribution in [0.15, 0.2) is 18.2 Å². The molecule has 1 aromatic rings. The summed E-state index contributed by atoms with van der Waals surface area (Å²) in [6, 6.07) is 2.03. The SMILES string of the molecule is O=C(NC/C=C/CCl)c1cc2c(s1)CCSC2. The average Bonchev–Trinajstić information content (AvgIpc) is 2.78. The van der Waals surface area contributed by atoms with Gasteiger partial charge in [-0.25, -0.2) is 0 Å². The van der Waals surface area contributed by atoms with E-state index in [4.69, 9.17) is 11.6 Å². The van der Waals surface area contributed by atoms with E-state index in [1.807, 2.05) is 30.0 Å². The van der Waals surface area contributed by atoms with E-state index in [0.717, 1.165) is 17.1 Å². The van der Waals surface area contributed by atoms with Crippen molar-refractivity contribution in [2.24, 2.45) is 0 Å². The lowest BCUT2D eigenvalue weighted by Gasteiger charge is -2.08. The Hall–Kier alpha value is -0.450. The van der Waals surface area contributed by atoms with Crippen LogP contribution >= 0.6 is 34.7 Å². The number of halogens is 1. The summed E-state index contributed by atoms with van der Waals surface area (Å²) < 4.78 is 0. The molecule has 0 bridgehead atoms. The third kappa shape index (κ3) is 3.50. The molecular formula is C12H14ClNOS2. The number of hydrogen-bond donors (Lipinski definition) is 1. The fourth-order valence-corrected chi connectivity index (χ4v) is 4.06. The van der Waals surface area contributed by atoms with Crippen molar-refractivity contribution in [1.29, 1.82) is 0 Å².